The van der Waals surface area contributed by atoms with Crippen LogP contribution < -0.4 is 4.74 Å². The minimum atomic E-state index is -2.04. The van der Waals surface area contributed by atoms with Gasteiger partial charge in [0, 0.05) is 17.6 Å². The molecule has 0 aliphatic rings. The molecule has 0 saturated carbocycles. The van der Waals surface area contributed by atoms with Gasteiger partial charge in [-0.1, -0.05) is 0 Å². The highest BCUT2D eigenvalue weighted by Crippen LogP contribution is 2.28. The average molecular weight is 369 g/mol. The first kappa shape index (κ1) is 16.6. The predicted octanol–water partition coefficient (Wildman–Crippen LogP) is 2.57. The molecule has 9 heteroatoms. The Balaban J connectivity index is 1.85. The molecular formula is C17H15N5O3S. The van der Waals surface area contributed by atoms with Gasteiger partial charge in [0.1, 0.15) is 5.52 Å². The number of hydrogen-bond donors (Lipinski definition) is 1. The van der Waals surface area contributed by atoms with Crippen LogP contribution in [0.2, 0.25) is 0 Å². The van der Waals surface area contributed by atoms with Crippen molar-refractivity contribution in [1.29, 1.82) is 0 Å². The van der Waals surface area contributed by atoms with Crippen LogP contribution in [0.5, 0.6) is 5.88 Å². The largest absolute Gasteiger partial charge is 0.481 e. The summed E-state index contributed by atoms with van der Waals surface area (Å²) in [5.41, 5.74) is 2.98. The van der Waals surface area contributed by atoms with Gasteiger partial charge in [-0.05, 0) is 25.1 Å². The molecule has 0 aliphatic heterocycles. The van der Waals surface area contributed by atoms with E-state index in [1.165, 1.54) is 6.20 Å². The van der Waals surface area contributed by atoms with Crippen molar-refractivity contribution in [1.82, 2.24) is 24.5 Å². The van der Waals surface area contributed by atoms with Gasteiger partial charge in [0.2, 0.25) is 5.88 Å². The lowest BCUT2D eigenvalue weighted by Gasteiger charge is -2.15. The van der Waals surface area contributed by atoms with Crippen LogP contribution in [0.4, 0.5) is 0 Å². The highest BCUT2D eigenvalue weighted by atomic mass is 32.2. The lowest BCUT2D eigenvalue weighted by Crippen LogP contribution is -2.08. The third-order valence-electron chi connectivity index (χ3n) is 4.25. The molecule has 132 valence electrons. The van der Waals surface area contributed by atoms with Crippen LogP contribution in [-0.4, -0.2) is 40.4 Å². The summed E-state index contributed by atoms with van der Waals surface area (Å²) >= 11 is -2.04. The Bertz CT molecular complexity index is 1130. The summed E-state index contributed by atoms with van der Waals surface area (Å²) in [6.07, 6.45) is 4.83. The zero-order valence-corrected chi connectivity index (χ0v) is 14.8. The lowest BCUT2D eigenvalue weighted by molar-refractivity contribution is 0.399. The normalized spacial score (nSPS) is 13.8. The molecule has 0 aromatic carbocycles. The topological polar surface area (TPSA) is 103 Å². The maximum absolute atomic E-state index is 11.1. The molecule has 0 amide bonds. The zero-order valence-electron chi connectivity index (χ0n) is 14.0. The van der Waals surface area contributed by atoms with Crippen molar-refractivity contribution in [3.8, 4) is 5.88 Å². The molecule has 8 nitrogen and oxygen atoms in total. The van der Waals surface area contributed by atoms with E-state index in [0.717, 1.165) is 22.1 Å². The second-order valence-electron chi connectivity index (χ2n) is 5.71. The Kier molecular flexibility index (Phi) is 4.09. The van der Waals surface area contributed by atoms with Gasteiger partial charge in [-0.25, -0.2) is 14.2 Å². The molecule has 4 aromatic heterocycles. The Morgan fingerprint density at radius 3 is 2.69 bits per heavy atom. The third kappa shape index (κ3) is 2.71. The molecule has 0 saturated heterocycles. The Morgan fingerprint density at radius 1 is 1.15 bits per heavy atom. The summed E-state index contributed by atoms with van der Waals surface area (Å²) < 4.78 is 27.4. The molecule has 0 bridgehead atoms. The van der Waals surface area contributed by atoms with Crippen LogP contribution in [0.25, 0.3) is 22.1 Å². The fourth-order valence-corrected chi connectivity index (χ4v) is 3.20. The summed E-state index contributed by atoms with van der Waals surface area (Å²) in [7, 11) is 1.56. The first-order valence-electron chi connectivity index (χ1n) is 7.81. The maximum atomic E-state index is 11.1. The monoisotopic (exact) mass is 369 g/mol. The quantitative estimate of drug-likeness (QED) is 0.551. The van der Waals surface area contributed by atoms with E-state index in [0.29, 0.717) is 11.5 Å². The van der Waals surface area contributed by atoms with Crippen LogP contribution in [0.3, 0.4) is 0 Å². The van der Waals surface area contributed by atoms with Crippen LogP contribution in [0.15, 0.2) is 47.9 Å². The summed E-state index contributed by atoms with van der Waals surface area (Å²) in [6.45, 7) is 1.99. The molecule has 26 heavy (non-hydrogen) atoms. The number of rotatable bonds is 4. The average Bonchev–Trinajstić information content (AvgIpc) is 3.11. The number of hydrogen-bond acceptors (Lipinski definition) is 6. The molecule has 0 radical (unpaired) electrons. The van der Waals surface area contributed by atoms with E-state index in [9.17, 15) is 4.21 Å². The number of imidazole rings is 1. The van der Waals surface area contributed by atoms with Gasteiger partial charge in [0.25, 0.3) is 0 Å². The third-order valence-corrected chi connectivity index (χ3v) is 4.90. The second kappa shape index (κ2) is 6.43. The number of nitrogens with zero attached hydrogens (tertiary/aromatic N) is 5. The number of aromatic nitrogens is 5. The van der Waals surface area contributed by atoms with Gasteiger partial charge in [-0.2, -0.15) is 4.98 Å². The van der Waals surface area contributed by atoms with Gasteiger partial charge in [0.05, 0.1) is 41.8 Å². The lowest BCUT2D eigenvalue weighted by atomic mass is 10.2. The molecule has 4 rings (SSSR count). The van der Waals surface area contributed by atoms with Crippen LogP contribution >= 0.6 is 0 Å². The molecular weight excluding hydrogens is 354 g/mol. The van der Waals surface area contributed by atoms with Gasteiger partial charge < -0.3 is 13.9 Å². The van der Waals surface area contributed by atoms with Crippen LogP contribution in [0, 0.1) is 0 Å². The second-order valence-corrected chi connectivity index (χ2v) is 6.68. The smallest absolute Gasteiger partial charge is 0.215 e. The van der Waals surface area contributed by atoms with E-state index in [2.05, 4.69) is 19.9 Å². The van der Waals surface area contributed by atoms with E-state index in [1.807, 2.05) is 17.6 Å². The first-order valence-corrected chi connectivity index (χ1v) is 8.92. The number of fused-ring (bicyclic) bond motifs is 3. The SMILES string of the molecule is COc1ccc2c(ncc3ncn([C@H](C)c4ccc(S(=O)O)cn4)c32)n1. The standard InChI is InChI=1S/C17H15N5O3S/c1-10(13-5-3-11(7-18-13)26(23)24)22-9-20-14-8-19-17-12(16(14)22)4-6-15(21-17)25-2/h3-10H,1-2H3,(H,23,24)/t10-/m1/s1. The summed E-state index contributed by atoms with van der Waals surface area (Å²) in [4.78, 5) is 17.7. The van der Waals surface area contributed by atoms with Crippen LogP contribution in [0.1, 0.15) is 18.7 Å². The highest BCUT2D eigenvalue weighted by Gasteiger charge is 2.16. The Morgan fingerprint density at radius 2 is 2.00 bits per heavy atom. The van der Waals surface area contributed by atoms with Crippen molar-refractivity contribution in [2.45, 2.75) is 17.9 Å². The molecule has 2 atom stereocenters. The molecule has 0 aliphatic carbocycles. The fraction of sp³-hybridized carbons (Fsp3) is 0.176. The highest BCUT2D eigenvalue weighted by molar-refractivity contribution is 7.79. The van der Waals surface area contributed by atoms with Crippen molar-refractivity contribution >= 4 is 33.1 Å². The minimum absolute atomic E-state index is 0.131. The van der Waals surface area contributed by atoms with E-state index >= 15 is 0 Å². The van der Waals surface area contributed by atoms with E-state index in [-0.39, 0.29) is 10.9 Å². The number of methoxy groups -OCH3 is 1. The van der Waals surface area contributed by atoms with E-state index in [4.69, 9.17) is 9.29 Å². The van der Waals surface area contributed by atoms with E-state index < -0.39 is 11.1 Å². The Hall–Kier alpha value is -2.91. The van der Waals surface area contributed by atoms with Crippen molar-refractivity contribution in [2.24, 2.45) is 0 Å². The summed E-state index contributed by atoms with van der Waals surface area (Å²) in [5.74, 6) is 0.498. The summed E-state index contributed by atoms with van der Waals surface area (Å²) in [5, 5.41) is 0.862. The zero-order chi connectivity index (χ0) is 18.3. The van der Waals surface area contributed by atoms with Crippen molar-refractivity contribution < 1.29 is 13.5 Å². The number of ether oxygens (including phenoxy) is 1. The first-order chi connectivity index (χ1) is 12.6. The van der Waals surface area contributed by atoms with Gasteiger partial charge in [-0.3, -0.25) is 4.98 Å². The molecule has 1 unspecified atom stereocenters. The molecule has 0 fully saturated rings. The van der Waals surface area contributed by atoms with Gasteiger partial charge in [0.15, 0.2) is 16.7 Å². The van der Waals surface area contributed by atoms with Gasteiger partial charge >= 0.3 is 0 Å². The predicted molar refractivity (Wildman–Crippen MR) is 96.5 cm³/mol. The summed E-state index contributed by atoms with van der Waals surface area (Å²) in [6, 6.07) is 6.90. The van der Waals surface area contributed by atoms with Crippen molar-refractivity contribution in [2.75, 3.05) is 7.11 Å². The maximum Gasteiger partial charge on any atom is 0.215 e. The van der Waals surface area contributed by atoms with Crippen molar-refractivity contribution in [3.05, 3.63) is 48.7 Å². The van der Waals surface area contributed by atoms with Gasteiger partial charge in [-0.15, -0.1) is 0 Å². The Labute approximate surface area is 151 Å². The van der Waals surface area contributed by atoms with Crippen molar-refractivity contribution in [3.63, 3.8) is 0 Å². The molecule has 1 N–H and O–H groups in total. The minimum Gasteiger partial charge on any atom is -0.481 e. The molecule has 4 heterocycles. The molecule has 4 aromatic rings. The van der Waals surface area contributed by atoms with Crippen LogP contribution in [-0.2, 0) is 11.1 Å². The van der Waals surface area contributed by atoms with E-state index in [1.54, 1.807) is 37.8 Å². The molecule has 0 spiro atoms. The number of pyridine rings is 3. The fourth-order valence-electron chi connectivity index (χ4n) is 2.88.